The minimum Gasteiger partial charge on any atom is -0.256 e. The zero-order chi connectivity index (χ0) is 19.8. The van der Waals surface area contributed by atoms with Crippen LogP contribution in [0.1, 0.15) is 22.3 Å². The van der Waals surface area contributed by atoms with Crippen LogP contribution in [0.2, 0.25) is 10.3 Å². The van der Waals surface area contributed by atoms with Gasteiger partial charge >= 0.3 is 0 Å². The van der Waals surface area contributed by atoms with Crippen LogP contribution in [0.25, 0.3) is 11.3 Å². The molecule has 5 rings (SSSR count). The van der Waals surface area contributed by atoms with Crippen molar-refractivity contribution < 1.29 is 0 Å². The maximum absolute atomic E-state index is 6.21. The molecule has 0 unspecified atom stereocenters. The number of fused-ring (bicyclic) bond motifs is 3. The van der Waals surface area contributed by atoms with Crippen LogP contribution in [-0.4, -0.2) is 15.0 Å². The van der Waals surface area contributed by atoms with Crippen molar-refractivity contribution in [3.8, 4) is 11.3 Å². The second-order valence-corrected chi connectivity index (χ2v) is 8.13. The first-order chi connectivity index (χ1) is 14.2. The molecule has 0 radical (unpaired) electrons. The van der Waals surface area contributed by atoms with Gasteiger partial charge in [-0.25, -0.2) is 9.97 Å². The summed E-state index contributed by atoms with van der Waals surface area (Å²) in [5, 5.41) is 1.00. The summed E-state index contributed by atoms with van der Waals surface area (Å²) in [7, 11) is 0. The molecular weight excluding hydrogens is 401 g/mol. The minimum absolute atomic E-state index is 0.282. The Morgan fingerprint density at radius 3 is 1.93 bits per heavy atom. The van der Waals surface area contributed by atoms with Crippen molar-refractivity contribution in [2.75, 3.05) is 0 Å². The van der Waals surface area contributed by atoms with E-state index in [-0.39, 0.29) is 5.41 Å². The Labute approximate surface area is 179 Å². The van der Waals surface area contributed by atoms with Crippen LogP contribution < -0.4 is 0 Å². The van der Waals surface area contributed by atoms with E-state index in [0.717, 1.165) is 29.7 Å². The van der Waals surface area contributed by atoms with Gasteiger partial charge in [0.15, 0.2) is 0 Å². The Kier molecular flexibility index (Phi) is 4.57. The summed E-state index contributed by atoms with van der Waals surface area (Å²) < 4.78 is 0. The highest BCUT2D eigenvalue weighted by atomic mass is 35.5. The topological polar surface area (TPSA) is 38.7 Å². The molecule has 0 spiro atoms. The number of hydrogen-bond donors (Lipinski definition) is 0. The Morgan fingerprint density at radius 2 is 1.28 bits per heavy atom. The van der Waals surface area contributed by atoms with Crippen LogP contribution in [0, 0.1) is 0 Å². The lowest BCUT2D eigenvalue weighted by molar-refractivity contribution is 0.519. The first-order valence-corrected chi connectivity index (χ1v) is 10.2. The molecular formula is C24H17Cl2N3. The lowest BCUT2D eigenvalue weighted by Gasteiger charge is -2.32. The number of halogens is 2. The molecule has 29 heavy (non-hydrogen) atoms. The molecule has 0 atom stereocenters. The molecule has 4 aromatic rings. The Bertz CT molecular complexity index is 1110. The lowest BCUT2D eigenvalue weighted by Crippen LogP contribution is -2.31. The zero-order valence-corrected chi connectivity index (χ0v) is 17.0. The first kappa shape index (κ1) is 18.3. The van der Waals surface area contributed by atoms with Crippen molar-refractivity contribution >= 4 is 23.2 Å². The summed E-state index contributed by atoms with van der Waals surface area (Å²) in [6, 6.07) is 20.7. The van der Waals surface area contributed by atoms with E-state index < -0.39 is 0 Å². The van der Waals surface area contributed by atoms with E-state index in [1.165, 1.54) is 16.7 Å². The van der Waals surface area contributed by atoms with Crippen molar-refractivity contribution in [1.29, 1.82) is 0 Å². The number of pyridine rings is 3. The number of nitrogens with zero attached hydrogens (tertiary/aromatic N) is 3. The molecule has 3 heterocycles. The Morgan fingerprint density at radius 1 is 0.655 bits per heavy atom. The van der Waals surface area contributed by atoms with Crippen molar-refractivity contribution in [3.63, 3.8) is 0 Å². The minimum atomic E-state index is -0.282. The number of benzene rings is 1. The van der Waals surface area contributed by atoms with Crippen molar-refractivity contribution in [1.82, 2.24) is 15.0 Å². The average Bonchev–Trinajstić information content (AvgIpc) is 2.99. The van der Waals surface area contributed by atoms with Crippen LogP contribution in [-0.2, 0) is 18.3 Å². The van der Waals surface area contributed by atoms with Gasteiger partial charge in [0.05, 0.1) is 5.69 Å². The summed E-state index contributed by atoms with van der Waals surface area (Å²) in [5.41, 5.74) is 6.71. The van der Waals surface area contributed by atoms with E-state index >= 15 is 0 Å². The number of hydrogen-bond acceptors (Lipinski definition) is 3. The highest BCUT2D eigenvalue weighted by molar-refractivity contribution is 6.29. The molecule has 0 N–H and O–H groups in total. The van der Waals surface area contributed by atoms with Crippen LogP contribution in [0.5, 0.6) is 0 Å². The second-order valence-electron chi connectivity index (χ2n) is 7.35. The quantitative estimate of drug-likeness (QED) is 0.386. The fourth-order valence-electron chi connectivity index (χ4n) is 4.50. The van der Waals surface area contributed by atoms with Gasteiger partial charge in [-0.1, -0.05) is 53.5 Å². The average molecular weight is 418 g/mol. The largest absolute Gasteiger partial charge is 0.256 e. The molecule has 3 aromatic heterocycles. The van der Waals surface area contributed by atoms with E-state index in [2.05, 4.69) is 40.3 Å². The molecule has 3 nitrogen and oxygen atoms in total. The maximum Gasteiger partial charge on any atom is 0.129 e. The summed E-state index contributed by atoms with van der Waals surface area (Å²) >= 11 is 12.4. The predicted molar refractivity (Wildman–Crippen MR) is 116 cm³/mol. The molecule has 0 fully saturated rings. The van der Waals surface area contributed by atoms with Crippen molar-refractivity contribution in [3.05, 3.63) is 112 Å². The highest BCUT2D eigenvalue weighted by Crippen LogP contribution is 2.51. The summed E-state index contributed by atoms with van der Waals surface area (Å²) in [6.07, 6.45) is 6.95. The molecule has 0 aliphatic heterocycles. The standard InChI is InChI=1S/C24H17Cl2N3/c25-21-12-16(7-10-27-21)14-24(15-17-8-11-28-22(26)13-17)19-5-2-1-4-18(19)23-20(24)6-3-9-29-23/h1-13H,14-15H2. The summed E-state index contributed by atoms with van der Waals surface area (Å²) in [5.74, 6) is 0. The normalized spacial score (nSPS) is 13.7. The summed E-state index contributed by atoms with van der Waals surface area (Å²) in [4.78, 5) is 13.0. The molecule has 1 aromatic carbocycles. The predicted octanol–water partition coefficient (Wildman–Crippen LogP) is 5.93. The van der Waals surface area contributed by atoms with E-state index in [1.807, 2.05) is 36.5 Å². The van der Waals surface area contributed by atoms with Crippen LogP contribution in [0.3, 0.4) is 0 Å². The van der Waals surface area contributed by atoms with Gasteiger partial charge in [-0.05, 0) is 65.4 Å². The van der Waals surface area contributed by atoms with E-state index in [4.69, 9.17) is 28.2 Å². The highest BCUT2D eigenvalue weighted by Gasteiger charge is 2.43. The second kappa shape index (κ2) is 7.25. The molecule has 142 valence electrons. The molecule has 0 saturated heterocycles. The molecule has 5 heteroatoms. The number of rotatable bonds is 4. The van der Waals surface area contributed by atoms with Gasteiger partial charge in [0.1, 0.15) is 10.3 Å². The van der Waals surface area contributed by atoms with Crippen LogP contribution in [0.4, 0.5) is 0 Å². The molecule has 0 amide bonds. The van der Waals surface area contributed by atoms with E-state index in [9.17, 15) is 0 Å². The van der Waals surface area contributed by atoms with Gasteiger partial charge in [-0.2, -0.15) is 0 Å². The van der Waals surface area contributed by atoms with E-state index in [1.54, 1.807) is 12.4 Å². The molecule has 1 aliphatic carbocycles. The maximum atomic E-state index is 6.21. The third-order valence-electron chi connectivity index (χ3n) is 5.61. The van der Waals surface area contributed by atoms with Gasteiger partial charge in [0.25, 0.3) is 0 Å². The molecule has 0 saturated carbocycles. The van der Waals surface area contributed by atoms with Crippen LogP contribution >= 0.6 is 23.2 Å². The van der Waals surface area contributed by atoms with Crippen molar-refractivity contribution in [2.45, 2.75) is 18.3 Å². The number of aromatic nitrogens is 3. The fraction of sp³-hybridized carbons (Fsp3) is 0.125. The molecule has 0 bridgehead atoms. The first-order valence-electron chi connectivity index (χ1n) is 9.42. The third kappa shape index (κ3) is 3.21. The van der Waals surface area contributed by atoms with Gasteiger partial charge < -0.3 is 0 Å². The monoisotopic (exact) mass is 417 g/mol. The fourth-order valence-corrected chi connectivity index (χ4v) is 4.90. The van der Waals surface area contributed by atoms with Crippen molar-refractivity contribution in [2.24, 2.45) is 0 Å². The van der Waals surface area contributed by atoms with Gasteiger partial charge in [-0.3, -0.25) is 4.98 Å². The Hall–Kier alpha value is -2.75. The van der Waals surface area contributed by atoms with Gasteiger partial charge in [0, 0.05) is 29.6 Å². The smallest absolute Gasteiger partial charge is 0.129 e. The third-order valence-corrected chi connectivity index (χ3v) is 6.03. The summed E-state index contributed by atoms with van der Waals surface area (Å²) in [6.45, 7) is 0. The van der Waals surface area contributed by atoms with Crippen LogP contribution in [0.15, 0.2) is 79.3 Å². The Balaban J connectivity index is 1.74. The molecule has 1 aliphatic rings. The van der Waals surface area contributed by atoms with Gasteiger partial charge in [-0.15, -0.1) is 0 Å². The van der Waals surface area contributed by atoms with Gasteiger partial charge in [0.2, 0.25) is 0 Å². The SMILES string of the molecule is Clc1cc(CC2(Cc3ccnc(Cl)c3)c3ccccc3-c3ncccc32)ccn1. The van der Waals surface area contributed by atoms with E-state index in [0.29, 0.717) is 10.3 Å². The zero-order valence-electron chi connectivity index (χ0n) is 15.5. The lowest BCUT2D eigenvalue weighted by atomic mass is 9.70.